The van der Waals surface area contributed by atoms with Crippen LogP contribution < -0.4 is 0 Å². The SMILES string of the molecule is Cn1nnc(Br)c1C(=O)c1cc2ccc(F)cc2s1. The summed E-state index contributed by atoms with van der Waals surface area (Å²) in [5, 5.41) is 8.41. The zero-order chi connectivity index (χ0) is 13.6. The van der Waals surface area contributed by atoms with Gasteiger partial charge in [0.1, 0.15) is 11.5 Å². The number of nitrogens with zero attached hydrogens (tertiary/aromatic N) is 3. The number of thiophene rings is 1. The fourth-order valence-corrected chi connectivity index (χ4v) is 3.34. The van der Waals surface area contributed by atoms with Crippen LogP contribution in [0.5, 0.6) is 0 Å². The zero-order valence-corrected chi connectivity index (χ0v) is 12.1. The summed E-state index contributed by atoms with van der Waals surface area (Å²) >= 11 is 4.46. The molecule has 19 heavy (non-hydrogen) atoms. The van der Waals surface area contributed by atoms with Gasteiger partial charge in [-0.15, -0.1) is 16.4 Å². The summed E-state index contributed by atoms with van der Waals surface area (Å²) in [6.45, 7) is 0. The van der Waals surface area contributed by atoms with Crippen molar-refractivity contribution in [3.8, 4) is 0 Å². The molecule has 0 aliphatic heterocycles. The van der Waals surface area contributed by atoms with Crippen molar-refractivity contribution in [2.24, 2.45) is 7.05 Å². The molecule has 2 aromatic heterocycles. The number of carbonyl (C=O) groups is 1. The molecule has 0 aliphatic rings. The van der Waals surface area contributed by atoms with Crippen LogP contribution in [0.15, 0.2) is 28.9 Å². The molecule has 1 aromatic carbocycles. The molecule has 0 N–H and O–H groups in total. The van der Waals surface area contributed by atoms with Gasteiger partial charge in [0.2, 0.25) is 5.78 Å². The Morgan fingerprint density at radius 2 is 2.21 bits per heavy atom. The van der Waals surface area contributed by atoms with E-state index in [1.807, 2.05) is 0 Å². The summed E-state index contributed by atoms with van der Waals surface area (Å²) in [5.41, 5.74) is 0.382. The number of aromatic nitrogens is 3. The Balaban J connectivity index is 2.12. The predicted molar refractivity (Wildman–Crippen MR) is 73.9 cm³/mol. The van der Waals surface area contributed by atoms with E-state index in [4.69, 9.17) is 0 Å². The quantitative estimate of drug-likeness (QED) is 0.674. The lowest BCUT2D eigenvalue weighted by Crippen LogP contribution is -2.07. The van der Waals surface area contributed by atoms with Crippen LogP contribution in [0.2, 0.25) is 0 Å². The zero-order valence-electron chi connectivity index (χ0n) is 9.72. The van der Waals surface area contributed by atoms with Gasteiger partial charge in [-0.1, -0.05) is 11.3 Å². The Labute approximate surface area is 120 Å². The van der Waals surface area contributed by atoms with E-state index in [-0.39, 0.29) is 11.6 Å². The number of benzene rings is 1. The lowest BCUT2D eigenvalue weighted by atomic mass is 10.2. The van der Waals surface area contributed by atoms with Crippen LogP contribution in [-0.4, -0.2) is 20.8 Å². The average Bonchev–Trinajstić information content (AvgIpc) is 2.92. The molecule has 0 unspecified atom stereocenters. The van der Waals surface area contributed by atoms with Crippen molar-refractivity contribution in [3.05, 3.63) is 45.3 Å². The van der Waals surface area contributed by atoms with E-state index in [0.29, 0.717) is 15.2 Å². The maximum atomic E-state index is 13.1. The molecule has 3 aromatic rings. The van der Waals surface area contributed by atoms with Gasteiger partial charge in [0.05, 0.1) is 4.88 Å². The maximum Gasteiger partial charge on any atom is 0.223 e. The third-order valence-electron chi connectivity index (χ3n) is 2.71. The van der Waals surface area contributed by atoms with E-state index < -0.39 is 0 Å². The molecule has 7 heteroatoms. The van der Waals surface area contributed by atoms with Crippen molar-refractivity contribution in [2.45, 2.75) is 0 Å². The summed E-state index contributed by atoms with van der Waals surface area (Å²) in [7, 11) is 1.65. The minimum absolute atomic E-state index is 0.180. The standard InChI is InChI=1S/C12H7BrFN3OS/c1-17-10(12(13)15-16-17)11(18)9-4-6-2-3-7(14)5-8(6)19-9/h2-5H,1H3. The van der Waals surface area contributed by atoms with Crippen molar-refractivity contribution in [3.63, 3.8) is 0 Å². The topological polar surface area (TPSA) is 47.8 Å². The van der Waals surface area contributed by atoms with Crippen LogP contribution >= 0.6 is 27.3 Å². The second-order valence-electron chi connectivity index (χ2n) is 3.97. The Morgan fingerprint density at radius 3 is 2.89 bits per heavy atom. The minimum Gasteiger partial charge on any atom is -0.286 e. The lowest BCUT2D eigenvalue weighted by molar-refractivity contribution is 0.103. The number of halogens is 2. The molecule has 0 aliphatic carbocycles. The van der Waals surface area contributed by atoms with E-state index in [9.17, 15) is 9.18 Å². The molecule has 0 saturated heterocycles. The Kier molecular flexibility index (Phi) is 2.94. The second-order valence-corrected chi connectivity index (χ2v) is 5.81. The summed E-state index contributed by atoms with van der Waals surface area (Å²) in [4.78, 5) is 12.9. The van der Waals surface area contributed by atoms with Crippen molar-refractivity contribution in [1.29, 1.82) is 0 Å². The molecule has 0 saturated carbocycles. The molecule has 4 nitrogen and oxygen atoms in total. The first-order valence-corrected chi connectivity index (χ1v) is 6.96. The van der Waals surface area contributed by atoms with E-state index in [0.717, 1.165) is 10.1 Å². The first-order valence-electron chi connectivity index (χ1n) is 5.35. The third-order valence-corrected chi connectivity index (χ3v) is 4.34. The molecule has 0 radical (unpaired) electrons. The van der Waals surface area contributed by atoms with Gasteiger partial charge in [0.15, 0.2) is 4.60 Å². The summed E-state index contributed by atoms with van der Waals surface area (Å²) in [6, 6.07) is 6.22. The first kappa shape index (κ1) is 12.4. The number of carbonyl (C=O) groups excluding carboxylic acids is 1. The van der Waals surface area contributed by atoms with Crippen molar-refractivity contribution < 1.29 is 9.18 Å². The number of hydrogen-bond acceptors (Lipinski definition) is 4. The van der Waals surface area contributed by atoms with Gasteiger partial charge < -0.3 is 0 Å². The fourth-order valence-electron chi connectivity index (χ4n) is 1.81. The monoisotopic (exact) mass is 339 g/mol. The van der Waals surface area contributed by atoms with E-state index in [2.05, 4.69) is 26.2 Å². The number of ketones is 1. The van der Waals surface area contributed by atoms with Crippen LogP contribution in [0.3, 0.4) is 0 Å². The van der Waals surface area contributed by atoms with E-state index in [1.54, 1.807) is 19.2 Å². The number of aryl methyl sites for hydroxylation is 1. The Morgan fingerprint density at radius 1 is 1.42 bits per heavy atom. The van der Waals surface area contributed by atoms with Crippen molar-refractivity contribution in [1.82, 2.24) is 15.0 Å². The smallest absolute Gasteiger partial charge is 0.223 e. The number of rotatable bonds is 2. The van der Waals surface area contributed by atoms with E-state index >= 15 is 0 Å². The molecule has 0 fully saturated rings. The molecule has 96 valence electrons. The van der Waals surface area contributed by atoms with Gasteiger partial charge in [0, 0.05) is 11.7 Å². The molecule has 0 amide bonds. The average molecular weight is 340 g/mol. The molecule has 0 atom stereocenters. The fraction of sp³-hybridized carbons (Fsp3) is 0.0833. The molecule has 2 heterocycles. The largest absolute Gasteiger partial charge is 0.286 e. The predicted octanol–water partition coefficient (Wildman–Crippen LogP) is 3.16. The number of hydrogen-bond donors (Lipinski definition) is 0. The van der Waals surface area contributed by atoms with Gasteiger partial charge >= 0.3 is 0 Å². The summed E-state index contributed by atoms with van der Waals surface area (Å²) in [5.74, 6) is -0.488. The summed E-state index contributed by atoms with van der Waals surface area (Å²) < 4.78 is 15.7. The van der Waals surface area contributed by atoms with Crippen molar-refractivity contribution in [2.75, 3.05) is 0 Å². The Hall–Kier alpha value is -1.60. The first-order chi connectivity index (χ1) is 9.06. The summed E-state index contributed by atoms with van der Waals surface area (Å²) in [6.07, 6.45) is 0. The van der Waals surface area contributed by atoms with Gasteiger partial charge in [-0.25, -0.2) is 9.07 Å². The van der Waals surface area contributed by atoms with Crippen LogP contribution in [0, 0.1) is 5.82 Å². The molecule has 3 rings (SSSR count). The molecule has 0 spiro atoms. The van der Waals surface area contributed by atoms with Gasteiger partial charge in [-0.05, 0) is 39.5 Å². The maximum absolute atomic E-state index is 13.1. The highest BCUT2D eigenvalue weighted by Crippen LogP contribution is 2.29. The Bertz CT molecular complexity index is 776. The van der Waals surface area contributed by atoms with Gasteiger partial charge in [0.25, 0.3) is 0 Å². The third kappa shape index (κ3) is 2.08. The van der Waals surface area contributed by atoms with E-state index in [1.165, 1.54) is 28.2 Å². The van der Waals surface area contributed by atoms with Crippen molar-refractivity contribution >= 4 is 43.1 Å². The van der Waals surface area contributed by atoms with Crippen LogP contribution in [0.4, 0.5) is 4.39 Å². The minimum atomic E-state index is -0.309. The number of fused-ring (bicyclic) bond motifs is 1. The second kappa shape index (κ2) is 4.50. The van der Waals surface area contributed by atoms with Crippen LogP contribution in [0.1, 0.15) is 15.4 Å². The molecular weight excluding hydrogens is 333 g/mol. The highest BCUT2D eigenvalue weighted by molar-refractivity contribution is 9.10. The lowest BCUT2D eigenvalue weighted by Gasteiger charge is -1.97. The van der Waals surface area contributed by atoms with Gasteiger partial charge in [-0.2, -0.15) is 0 Å². The van der Waals surface area contributed by atoms with Crippen LogP contribution in [-0.2, 0) is 7.05 Å². The molecule has 0 bridgehead atoms. The highest BCUT2D eigenvalue weighted by atomic mass is 79.9. The molecular formula is C12H7BrFN3OS. The van der Waals surface area contributed by atoms with Gasteiger partial charge in [-0.3, -0.25) is 4.79 Å². The highest BCUT2D eigenvalue weighted by Gasteiger charge is 2.20. The normalized spacial score (nSPS) is 11.1. The van der Waals surface area contributed by atoms with Crippen LogP contribution in [0.25, 0.3) is 10.1 Å².